The molecule has 0 aliphatic carbocycles. The second-order valence-corrected chi connectivity index (χ2v) is 4.96. The van der Waals surface area contributed by atoms with Crippen LogP contribution in [-0.4, -0.2) is 30.1 Å². The number of nitrogens with one attached hydrogen (secondary N) is 1. The van der Waals surface area contributed by atoms with E-state index in [0.29, 0.717) is 10.7 Å². The number of thiocarbonyl (C=S) groups is 1. The lowest BCUT2D eigenvalue weighted by Crippen LogP contribution is -2.46. The number of allylic oxidation sites excluding steroid dienone is 1. The number of nitrogens with zero attached hydrogens (tertiary/aromatic N) is 1. The van der Waals surface area contributed by atoms with E-state index in [1.807, 2.05) is 31.2 Å². The van der Waals surface area contributed by atoms with Crippen molar-refractivity contribution in [2.24, 2.45) is 5.73 Å². The number of nitrogens with two attached hydrogens (primary N) is 1. The summed E-state index contributed by atoms with van der Waals surface area (Å²) in [6.07, 6.45) is 0. The van der Waals surface area contributed by atoms with Gasteiger partial charge in [0.2, 0.25) is 5.91 Å². The van der Waals surface area contributed by atoms with Crippen LogP contribution >= 0.6 is 12.2 Å². The highest BCUT2D eigenvalue weighted by Crippen LogP contribution is 2.30. The zero-order valence-corrected chi connectivity index (χ0v) is 12.5. The summed E-state index contributed by atoms with van der Waals surface area (Å²) in [5, 5.41) is 3.70. The minimum absolute atomic E-state index is 0.331. The monoisotopic (exact) mass is 291 g/mol. The van der Waals surface area contributed by atoms with Crippen molar-refractivity contribution in [2.75, 3.05) is 14.2 Å². The molecular formula is C14H17N3O2S. The van der Waals surface area contributed by atoms with Gasteiger partial charge in [-0.05, 0) is 36.8 Å². The molecule has 2 rings (SSSR count). The maximum Gasteiger partial charge on any atom is 0.248 e. The number of carbonyl (C=O) groups excluding carboxylic acids is 1. The maximum absolute atomic E-state index is 11.8. The number of hydrogen-bond donors (Lipinski definition) is 2. The first kappa shape index (κ1) is 14.3. The third-order valence-electron chi connectivity index (χ3n) is 3.47. The van der Waals surface area contributed by atoms with E-state index in [1.54, 1.807) is 19.1 Å². The average Bonchev–Trinajstić information content (AvgIpc) is 2.44. The lowest BCUT2D eigenvalue weighted by molar-refractivity contribution is -0.115. The van der Waals surface area contributed by atoms with E-state index in [9.17, 15) is 4.79 Å². The molecule has 0 fully saturated rings. The highest BCUT2D eigenvalue weighted by atomic mass is 32.1. The van der Waals surface area contributed by atoms with E-state index in [2.05, 4.69) is 5.32 Å². The van der Waals surface area contributed by atoms with Gasteiger partial charge in [0.15, 0.2) is 5.11 Å². The van der Waals surface area contributed by atoms with Crippen LogP contribution in [0.3, 0.4) is 0 Å². The molecule has 0 bridgehead atoms. The van der Waals surface area contributed by atoms with Crippen LogP contribution in [0.15, 0.2) is 35.5 Å². The predicted octanol–water partition coefficient (Wildman–Crippen LogP) is 1.32. The van der Waals surface area contributed by atoms with Gasteiger partial charge in [0, 0.05) is 12.7 Å². The van der Waals surface area contributed by atoms with Crippen LogP contribution in [0.25, 0.3) is 0 Å². The highest BCUT2D eigenvalue weighted by molar-refractivity contribution is 7.80. The summed E-state index contributed by atoms with van der Waals surface area (Å²) in [5.41, 5.74) is 7.71. The Morgan fingerprint density at radius 3 is 2.50 bits per heavy atom. The summed E-state index contributed by atoms with van der Waals surface area (Å²) in [5.74, 6) is 0.302. The Morgan fingerprint density at radius 2 is 2.00 bits per heavy atom. The molecule has 1 aliphatic rings. The molecule has 106 valence electrons. The second-order valence-electron chi connectivity index (χ2n) is 4.58. The fourth-order valence-electron chi connectivity index (χ4n) is 2.20. The van der Waals surface area contributed by atoms with Crippen molar-refractivity contribution < 1.29 is 9.53 Å². The highest BCUT2D eigenvalue weighted by Gasteiger charge is 2.31. The molecule has 1 atom stereocenters. The van der Waals surface area contributed by atoms with Crippen LogP contribution in [0.4, 0.5) is 0 Å². The molecule has 0 spiro atoms. The number of primary amides is 1. The number of rotatable bonds is 3. The lowest BCUT2D eigenvalue weighted by atomic mass is 9.94. The van der Waals surface area contributed by atoms with Crippen molar-refractivity contribution in [3.05, 3.63) is 41.1 Å². The summed E-state index contributed by atoms with van der Waals surface area (Å²) >= 11 is 5.27. The average molecular weight is 291 g/mol. The van der Waals surface area contributed by atoms with E-state index >= 15 is 0 Å². The quantitative estimate of drug-likeness (QED) is 0.822. The molecule has 0 aromatic heterocycles. The first-order valence-corrected chi connectivity index (χ1v) is 6.55. The molecule has 0 saturated heterocycles. The largest absolute Gasteiger partial charge is 0.497 e. The van der Waals surface area contributed by atoms with Crippen LogP contribution in [0, 0.1) is 0 Å². The van der Waals surface area contributed by atoms with Crippen molar-refractivity contribution in [3.63, 3.8) is 0 Å². The van der Waals surface area contributed by atoms with E-state index in [4.69, 9.17) is 22.7 Å². The van der Waals surface area contributed by atoms with Crippen LogP contribution in [0.1, 0.15) is 18.5 Å². The molecule has 1 aromatic carbocycles. The SMILES string of the molecule is COc1ccc(C2NC(=S)N(C)C(C)=C2C(N)=O)cc1. The third kappa shape index (κ3) is 2.46. The Kier molecular flexibility index (Phi) is 3.94. The molecule has 20 heavy (non-hydrogen) atoms. The zero-order chi connectivity index (χ0) is 14.9. The van der Waals surface area contributed by atoms with Gasteiger partial charge in [0.05, 0.1) is 18.7 Å². The topological polar surface area (TPSA) is 67.6 Å². The third-order valence-corrected chi connectivity index (χ3v) is 3.86. The van der Waals surface area contributed by atoms with Gasteiger partial charge in [-0.2, -0.15) is 0 Å². The number of amides is 1. The molecule has 1 unspecified atom stereocenters. The molecule has 0 radical (unpaired) electrons. The Balaban J connectivity index is 2.47. The van der Waals surface area contributed by atoms with Crippen molar-refractivity contribution in [1.29, 1.82) is 0 Å². The Hall–Kier alpha value is -2.08. The Labute approximate surface area is 123 Å². The van der Waals surface area contributed by atoms with Crippen LogP contribution in [0.2, 0.25) is 0 Å². The van der Waals surface area contributed by atoms with Gasteiger partial charge in [-0.25, -0.2) is 0 Å². The predicted molar refractivity (Wildman–Crippen MR) is 81.1 cm³/mol. The molecule has 6 heteroatoms. The molecule has 1 aliphatic heterocycles. The standard InChI is InChI=1S/C14H17N3O2S/c1-8-11(13(15)18)12(16-14(20)17(8)2)9-4-6-10(19-3)7-5-9/h4-7,12H,1-3H3,(H2,15,18)(H,16,20). The van der Waals surface area contributed by atoms with E-state index in [0.717, 1.165) is 17.0 Å². The zero-order valence-electron chi connectivity index (χ0n) is 11.6. The van der Waals surface area contributed by atoms with Crippen molar-refractivity contribution in [3.8, 4) is 5.75 Å². The first-order valence-electron chi connectivity index (χ1n) is 6.14. The number of ether oxygens (including phenoxy) is 1. The summed E-state index contributed by atoms with van der Waals surface area (Å²) < 4.78 is 5.13. The van der Waals surface area contributed by atoms with Crippen molar-refractivity contribution in [2.45, 2.75) is 13.0 Å². The minimum atomic E-state index is -0.454. The molecule has 1 amide bonds. The minimum Gasteiger partial charge on any atom is -0.497 e. The van der Waals surface area contributed by atoms with Crippen LogP contribution < -0.4 is 15.8 Å². The number of hydrogen-bond acceptors (Lipinski definition) is 3. The molecule has 3 N–H and O–H groups in total. The Bertz CT molecular complexity index is 581. The van der Waals surface area contributed by atoms with Crippen molar-refractivity contribution in [1.82, 2.24) is 10.2 Å². The van der Waals surface area contributed by atoms with Gasteiger partial charge in [-0.3, -0.25) is 4.79 Å². The second kappa shape index (κ2) is 5.50. The number of benzene rings is 1. The lowest BCUT2D eigenvalue weighted by Gasteiger charge is -2.35. The first-order chi connectivity index (χ1) is 9.45. The van der Waals surface area contributed by atoms with Gasteiger partial charge in [-0.1, -0.05) is 12.1 Å². The normalized spacial score (nSPS) is 18.9. The van der Waals surface area contributed by atoms with Crippen LogP contribution in [-0.2, 0) is 4.79 Å². The maximum atomic E-state index is 11.8. The van der Waals surface area contributed by atoms with Gasteiger partial charge in [-0.15, -0.1) is 0 Å². The van der Waals surface area contributed by atoms with Gasteiger partial charge in [0.25, 0.3) is 0 Å². The van der Waals surface area contributed by atoms with Gasteiger partial charge in [0.1, 0.15) is 5.75 Å². The van der Waals surface area contributed by atoms with E-state index in [1.165, 1.54) is 0 Å². The fourth-order valence-corrected chi connectivity index (χ4v) is 2.46. The molecule has 1 heterocycles. The Morgan fingerprint density at radius 1 is 1.40 bits per heavy atom. The van der Waals surface area contributed by atoms with Crippen molar-refractivity contribution >= 4 is 23.2 Å². The fraction of sp³-hybridized carbons (Fsp3) is 0.286. The summed E-state index contributed by atoms with van der Waals surface area (Å²) in [6, 6.07) is 7.13. The summed E-state index contributed by atoms with van der Waals surface area (Å²) in [7, 11) is 3.41. The number of carbonyl (C=O) groups is 1. The molecule has 1 aromatic rings. The van der Waals surface area contributed by atoms with E-state index < -0.39 is 5.91 Å². The van der Waals surface area contributed by atoms with E-state index in [-0.39, 0.29) is 6.04 Å². The molecule has 0 saturated carbocycles. The molecule has 5 nitrogen and oxygen atoms in total. The summed E-state index contributed by atoms with van der Waals surface area (Å²) in [6.45, 7) is 1.84. The molecular weight excluding hydrogens is 274 g/mol. The van der Waals surface area contributed by atoms with Crippen LogP contribution in [0.5, 0.6) is 5.75 Å². The number of methoxy groups -OCH3 is 1. The van der Waals surface area contributed by atoms with Gasteiger partial charge < -0.3 is 20.7 Å². The smallest absolute Gasteiger partial charge is 0.248 e. The van der Waals surface area contributed by atoms with Gasteiger partial charge >= 0.3 is 0 Å². The summed E-state index contributed by atoms with van der Waals surface area (Å²) in [4.78, 5) is 13.5.